The standard InChI is InChI=1S/C36H45N3O4S/c1-4-20-37(25-27-16-10-8-11-17-27)35(43)32-36-26(3)24-29(44-36)30(31(36)34(42)39(32)22-14-6-7-15-23-40)33(41)38(21-5-2)28-18-12-9-13-19-28/h4-5,8-13,16-19,26,29-32,40H,1-2,6-7,14-15,20-25H2,3H3/t26?,29-,30+,31+,32?,36?/m1/s1. The smallest absolute Gasteiger partial charge is 0.247 e. The zero-order chi connectivity index (χ0) is 31.3. The molecule has 234 valence electrons. The van der Waals surface area contributed by atoms with Gasteiger partial charge in [-0.2, -0.15) is 0 Å². The number of benzene rings is 2. The largest absolute Gasteiger partial charge is 0.396 e. The molecule has 3 saturated heterocycles. The van der Waals surface area contributed by atoms with Gasteiger partial charge in [-0.3, -0.25) is 14.4 Å². The Morgan fingerprint density at radius 3 is 2.30 bits per heavy atom. The van der Waals surface area contributed by atoms with Gasteiger partial charge in [0, 0.05) is 43.7 Å². The summed E-state index contributed by atoms with van der Waals surface area (Å²) in [4.78, 5) is 49.2. The summed E-state index contributed by atoms with van der Waals surface area (Å²) in [5, 5.41) is 9.22. The zero-order valence-electron chi connectivity index (χ0n) is 25.7. The van der Waals surface area contributed by atoms with E-state index in [-0.39, 0.29) is 35.5 Å². The summed E-state index contributed by atoms with van der Waals surface area (Å²) in [6.45, 7) is 11.7. The molecule has 1 N–H and O–H groups in total. The minimum Gasteiger partial charge on any atom is -0.396 e. The SMILES string of the molecule is C=CCN(Cc1ccccc1)C(=O)C1N(CCCCCCO)C(=O)[C@@H]2[C@@H](C(=O)N(CC=C)c3ccccc3)[C@H]3CC(C)C12S3. The minimum atomic E-state index is -0.684. The molecule has 3 heterocycles. The van der Waals surface area contributed by atoms with Gasteiger partial charge in [0.1, 0.15) is 6.04 Å². The van der Waals surface area contributed by atoms with E-state index in [1.165, 1.54) is 0 Å². The number of carbonyl (C=O) groups is 3. The number of nitrogens with zero attached hydrogens (tertiary/aromatic N) is 3. The molecule has 3 unspecified atom stereocenters. The van der Waals surface area contributed by atoms with Crippen LogP contribution >= 0.6 is 11.8 Å². The van der Waals surface area contributed by atoms with E-state index in [2.05, 4.69) is 20.1 Å². The molecule has 2 bridgehead atoms. The second-order valence-electron chi connectivity index (χ2n) is 12.3. The molecule has 8 heteroatoms. The molecule has 0 saturated carbocycles. The van der Waals surface area contributed by atoms with Gasteiger partial charge in [0.15, 0.2) is 0 Å². The molecule has 0 aromatic heterocycles. The fourth-order valence-corrected chi connectivity index (χ4v) is 10.1. The number of unbranched alkanes of at least 4 members (excludes halogenated alkanes) is 3. The number of rotatable bonds is 15. The number of hydrogen-bond donors (Lipinski definition) is 1. The van der Waals surface area contributed by atoms with Crippen LogP contribution in [0.4, 0.5) is 5.69 Å². The number of aliphatic hydroxyl groups excluding tert-OH is 1. The van der Waals surface area contributed by atoms with Crippen molar-refractivity contribution in [3.8, 4) is 0 Å². The molecule has 0 radical (unpaired) electrons. The molecular weight excluding hydrogens is 570 g/mol. The Labute approximate surface area is 266 Å². The van der Waals surface area contributed by atoms with Crippen LogP contribution in [-0.4, -0.2) is 74.9 Å². The van der Waals surface area contributed by atoms with E-state index in [1.54, 1.807) is 28.8 Å². The van der Waals surface area contributed by atoms with Crippen molar-refractivity contribution in [2.75, 3.05) is 31.1 Å². The van der Waals surface area contributed by atoms with Crippen molar-refractivity contribution >= 4 is 35.2 Å². The highest BCUT2D eigenvalue weighted by molar-refractivity contribution is 8.02. The van der Waals surface area contributed by atoms with E-state index in [0.29, 0.717) is 26.2 Å². The monoisotopic (exact) mass is 615 g/mol. The number of carbonyl (C=O) groups excluding carboxylic acids is 3. The Balaban J connectivity index is 1.52. The molecule has 44 heavy (non-hydrogen) atoms. The molecule has 5 rings (SSSR count). The van der Waals surface area contributed by atoms with Gasteiger partial charge in [-0.05, 0) is 42.9 Å². The molecule has 2 aromatic rings. The van der Waals surface area contributed by atoms with E-state index >= 15 is 0 Å². The van der Waals surface area contributed by atoms with Crippen molar-refractivity contribution in [3.05, 3.63) is 91.5 Å². The number of amides is 3. The van der Waals surface area contributed by atoms with Crippen molar-refractivity contribution in [1.29, 1.82) is 0 Å². The molecule has 3 amide bonds. The predicted octanol–water partition coefficient (Wildman–Crippen LogP) is 5.31. The third-order valence-electron chi connectivity index (χ3n) is 9.59. The van der Waals surface area contributed by atoms with Gasteiger partial charge >= 0.3 is 0 Å². The van der Waals surface area contributed by atoms with E-state index in [1.807, 2.05) is 70.5 Å². The molecular formula is C36H45N3O4S. The van der Waals surface area contributed by atoms with Gasteiger partial charge in [-0.1, -0.05) is 80.4 Å². The van der Waals surface area contributed by atoms with Crippen LogP contribution in [0.5, 0.6) is 0 Å². The maximum atomic E-state index is 14.8. The van der Waals surface area contributed by atoms with Crippen molar-refractivity contribution in [3.63, 3.8) is 0 Å². The van der Waals surface area contributed by atoms with Gasteiger partial charge in [0.25, 0.3) is 0 Å². The fraction of sp³-hybridized carbons (Fsp3) is 0.472. The number of anilines is 1. The third kappa shape index (κ3) is 5.86. The molecule has 3 fully saturated rings. The van der Waals surface area contributed by atoms with Crippen LogP contribution < -0.4 is 4.90 Å². The predicted molar refractivity (Wildman–Crippen MR) is 177 cm³/mol. The van der Waals surface area contributed by atoms with E-state index in [0.717, 1.165) is 43.4 Å². The lowest BCUT2D eigenvalue weighted by atomic mass is 9.65. The summed E-state index contributed by atoms with van der Waals surface area (Å²) in [5.74, 6) is -1.20. The lowest BCUT2D eigenvalue weighted by molar-refractivity contribution is -0.143. The first-order chi connectivity index (χ1) is 21.4. The molecule has 3 aliphatic rings. The van der Waals surface area contributed by atoms with E-state index in [9.17, 15) is 19.5 Å². The number of thioether (sulfide) groups is 1. The topological polar surface area (TPSA) is 81.2 Å². The summed E-state index contributed by atoms with van der Waals surface area (Å²) >= 11 is 1.72. The van der Waals surface area contributed by atoms with E-state index in [4.69, 9.17) is 0 Å². The first kappa shape index (κ1) is 32.0. The number of hydrogen-bond acceptors (Lipinski definition) is 5. The highest BCUT2D eigenvalue weighted by atomic mass is 32.2. The highest BCUT2D eigenvalue weighted by Gasteiger charge is 2.76. The first-order valence-electron chi connectivity index (χ1n) is 15.9. The molecule has 2 aromatic carbocycles. The average Bonchev–Trinajstić information content (AvgIpc) is 3.63. The van der Waals surface area contributed by atoms with Crippen LogP contribution in [0.2, 0.25) is 0 Å². The maximum Gasteiger partial charge on any atom is 0.247 e. The van der Waals surface area contributed by atoms with Gasteiger partial charge in [-0.25, -0.2) is 0 Å². The first-order valence-corrected chi connectivity index (χ1v) is 16.8. The summed E-state index contributed by atoms with van der Waals surface area (Å²) in [6.07, 6.45) is 7.44. The van der Waals surface area contributed by atoms with Gasteiger partial charge in [0.05, 0.1) is 16.6 Å². The molecule has 7 nitrogen and oxygen atoms in total. The second-order valence-corrected chi connectivity index (χ2v) is 13.8. The summed E-state index contributed by atoms with van der Waals surface area (Å²) in [5.41, 5.74) is 1.80. The summed E-state index contributed by atoms with van der Waals surface area (Å²) in [6, 6.07) is 18.8. The molecule has 0 aliphatic carbocycles. The average molecular weight is 616 g/mol. The number of likely N-dealkylation sites (tertiary alicyclic amines) is 1. The number of fused-ring (bicyclic) bond motifs is 1. The lowest BCUT2D eigenvalue weighted by Gasteiger charge is -2.41. The maximum absolute atomic E-state index is 14.8. The summed E-state index contributed by atoms with van der Waals surface area (Å²) < 4.78 is -0.684. The Bertz CT molecular complexity index is 1340. The van der Waals surface area contributed by atoms with Crippen LogP contribution in [0, 0.1) is 17.8 Å². The molecule has 6 atom stereocenters. The Morgan fingerprint density at radius 2 is 1.64 bits per heavy atom. The van der Waals surface area contributed by atoms with Gasteiger partial charge < -0.3 is 19.8 Å². The van der Waals surface area contributed by atoms with Gasteiger partial charge in [0.2, 0.25) is 17.7 Å². The minimum absolute atomic E-state index is 0.0357. The van der Waals surface area contributed by atoms with E-state index < -0.39 is 22.6 Å². The van der Waals surface area contributed by atoms with Crippen LogP contribution in [0.3, 0.4) is 0 Å². The Morgan fingerprint density at radius 1 is 0.977 bits per heavy atom. The van der Waals surface area contributed by atoms with Crippen molar-refractivity contribution < 1.29 is 19.5 Å². The fourth-order valence-electron chi connectivity index (χ4n) is 7.67. The van der Waals surface area contributed by atoms with Gasteiger partial charge in [-0.15, -0.1) is 24.9 Å². The third-order valence-corrected chi connectivity index (χ3v) is 11.7. The summed E-state index contributed by atoms with van der Waals surface area (Å²) in [7, 11) is 0. The number of para-hydroxylation sites is 1. The van der Waals surface area contributed by atoms with Crippen LogP contribution in [0.15, 0.2) is 86.0 Å². The van der Waals surface area contributed by atoms with Crippen LogP contribution in [-0.2, 0) is 20.9 Å². The zero-order valence-corrected chi connectivity index (χ0v) is 26.5. The quantitative estimate of drug-likeness (QED) is 0.217. The normalized spacial score (nSPS) is 26.8. The highest BCUT2D eigenvalue weighted by Crippen LogP contribution is 2.69. The second kappa shape index (κ2) is 14.2. The lowest BCUT2D eigenvalue weighted by Crippen LogP contribution is -2.57. The van der Waals surface area contributed by atoms with Crippen molar-refractivity contribution in [2.45, 2.75) is 61.6 Å². The Kier molecular flexibility index (Phi) is 10.3. The number of aliphatic hydroxyl groups is 1. The van der Waals surface area contributed by atoms with Crippen LogP contribution in [0.1, 0.15) is 44.6 Å². The Hall–Kier alpha value is -3.36. The van der Waals surface area contributed by atoms with Crippen LogP contribution in [0.25, 0.3) is 0 Å². The molecule has 3 aliphatic heterocycles. The van der Waals surface area contributed by atoms with Crippen molar-refractivity contribution in [1.82, 2.24) is 9.80 Å². The van der Waals surface area contributed by atoms with Crippen molar-refractivity contribution in [2.24, 2.45) is 17.8 Å². The molecule has 1 spiro atoms.